The van der Waals surface area contributed by atoms with E-state index >= 15 is 0 Å². The van der Waals surface area contributed by atoms with Crippen LogP contribution >= 0.6 is 11.3 Å². The van der Waals surface area contributed by atoms with Crippen molar-refractivity contribution < 1.29 is 9.84 Å². The topological polar surface area (TPSA) is 67.3 Å². The number of anilines is 1. The van der Waals surface area contributed by atoms with E-state index in [1.165, 1.54) is 4.88 Å². The molecule has 0 amide bonds. The lowest BCUT2D eigenvalue weighted by Crippen LogP contribution is -2.04. The molecule has 0 unspecified atom stereocenters. The number of aliphatic hydroxyl groups excluding tert-OH is 1. The van der Waals surface area contributed by atoms with Gasteiger partial charge in [0.25, 0.3) is 0 Å². The van der Waals surface area contributed by atoms with Gasteiger partial charge in [0.2, 0.25) is 5.88 Å². The molecular weight excluding hydrogens is 262 g/mol. The van der Waals surface area contributed by atoms with Gasteiger partial charge in [-0.15, -0.1) is 11.3 Å². The number of aryl methyl sites for hydroxylation is 2. The van der Waals surface area contributed by atoms with Crippen LogP contribution in [0, 0.1) is 13.8 Å². The van der Waals surface area contributed by atoms with Crippen molar-refractivity contribution in [2.45, 2.75) is 20.4 Å². The molecule has 0 radical (unpaired) electrons. The number of aliphatic hydroxyl groups is 1. The number of rotatable bonds is 6. The Morgan fingerprint density at radius 1 is 1.37 bits per heavy atom. The summed E-state index contributed by atoms with van der Waals surface area (Å²) in [6, 6.07) is 3.69. The lowest BCUT2D eigenvalue weighted by Gasteiger charge is -2.06. The molecule has 2 aromatic heterocycles. The molecule has 0 saturated carbocycles. The molecule has 0 aliphatic rings. The monoisotopic (exact) mass is 279 g/mol. The van der Waals surface area contributed by atoms with Crippen LogP contribution in [-0.4, -0.2) is 28.3 Å². The number of nitrogens with zero attached hydrogens (tertiary/aromatic N) is 2. The molecule has 102 valence electrons. The number of hydrogen-bond acceptors (Lipinski definition) is 6. The molecule has 0 atom stereocenters. The largest absolute Gasteiger partial charge is 0.475 e. The summed E-state index contributed by atoms with van der Waals surface area (Å²) < 4.78 is 5.20. The average Bonchev–Trinajstić information content (AvgIpc) is 2.73. The molecule has 0 bridgehead atoms. The maximum absolute atomic E-state index is 8.65. The third kappa shape index (κ3) is 3.90. The van der Waals surface area contributed by atoms with Crippen LogP contribution in [0.25, 0.3) is 0 Å². The Morgan fingerprint density at radius 2 is 2.21 bits per heavy atom. The van der Waals surface area contributed by atoms with Crippen molar-refractivity contribution in [3.63, 3.8) is 0 Å². The van der Waals surface area contributed by atoms with Gasteiger partial charge in [0, 0.05) is 10.9 Å². The van der Waals surface area contributed by atoms with Crippen molar-refractivity contribution in [1.82, 2.24) is 9.97 Å². The smallest absolute Gasteiger partial charge is 0.213 e. The fraction of sp³-hybridized carbons (Fsp3) is 0.385. The summed E-state index contributed by atoms with van der Waals surface area (Å²) in [4.78, 5) is 9.77. The highest BCUT2D eigenvalue weighted by Crippen LogP contribution is 2.19. The zero-order chi connectivity index (χ0) is 13.7. The summed E-state index contributed by atoms with van der Waals surface area (Å²) in [7, 11) is 0. The summed E-state index contributed by atoms with van der Waals surface area (Å²) in [5, 5.41) is 13.0. The number of aromatic nitrogens is 2. The Balaban J connectivity index is 1.91. The van der Waals surface area contributed by atoms with Crippen molar-refractivity contribution in [3.8, 4) is 5.88 Å². The SMILES string of the molecule is Cc1nc(C)c(CNc2ccc(OCCO)nc2)s1. The number of pyridine rings is 1. The first-order valence-electron chi connectivity index (χ1n) is 6.05. The maximum atomic E-state index is 8.65. The van der Waals surface area contributed by atoms with E-state index in [4.69, 9.17) is 9.84 Å². The third-order valence-electron chi connectivity index (χ3n) is 2.53. The first kappa shape index (κ1) is 13.8. The van der Waals surface area contributed by atoms with Gasteiger partial charge in [-0.25, -0.2) is 9.97 Å². The third-order valence-corrected chi connectivity index (χ3v) is 3.60. The summed E-state index contributed by atoms with van der Waals surface area (Å²) in [6.45, 7) is 5.03. The van der Waals surface area contributed by atoms with E-state index in [-0.39, 0.29) is 13.2 Å². The summed E-state index contributed by atoms with van der Waals surface area (Å²) in [6.07, 6.45) is 1.72. The van der Waals surface area contributed by atoms with Gasteiger partial charge in [-0.2, -0.15) is 0 Å². The van der Waals surface area contributed by atoms with Crippen LogP contribution in [0.4, 0.5) is 5.69 Å². The fourth-order valence-corrected chi connectivity index (χ4v) is 2.52. The summed E-state index contributed by atoms with van der Waals surface area (Å²) in [5.74, 6) is 0.518. The second-order valence-corrected chi connectivity index (χ2v) is 5.34. The van der Waals surface area contributed by atoms with Crippen molar-refractivity contribution in [3.05, 3.63) is 33.9 Å². The molecule has 0 aliphatic carbocycles. The van der Waals surface area contributed by atoms with Gasteiger partial charge >= 0.3 is 0 Å². The fourth-order valence-electron chi connectivity index (χ4n) is 1.64. The van der Waals surface area contributed by atoms with E-state index in [0.717, 1.165) is 22.9 Å². The minimum absolute atomic E-state index is 0.00825. The number of ether oxygens (including phenoxy) is 1. The van der Waals surface area contributed by atoms with Gasteiger partial charge in [0.05, 0.1) is 35.7 Å². The van der Waals surface area contributed by atoms with Gasteiger partial charge < -0.3 is 15.2 Å². The molecule has 2 heterocycles. The molecule has 19 heavy (non-hydrogen) atoms. The lowest BCUT2D eigenvalue weighted by molar-refractivity contribution is 0.196. The molecule has 0 spiro atoms. The Kier molecular flexibility index (Phi) is 4.70. The minimum Gasteiger partial charge on any atom is -0.475 e. The Bertz CT molecular complexity index is 525. The molecule has 2 N–H and O–H groups in total. The first-order valence-corrected chi connectivity index (χ1v) is 6.87. The van der Waals surface area contributed by atoms with Crippen LogP contribution in [0.15, 0.2) is 18.3 Å². The van der Waals surface area contributed by atoms with Crippen LogP contribution in [-0.2, 0) is 6.54 Å². The van der Waals surface area contributed by atoms with Crippen molar-refractivity contribution in [1.29, 1.82) is 0 Å². The van der Waals surface area contributed by atoms with E-state index < -0.39 is 0 Å². The van der Waals surface area contributed by atoms with Crippen LogP contribution in [0.3, 0.4) is 0 Å². The van der Waals surface area contributed by atoms with Crippen molar-refractivity contribution >= 4 is 17.0 Å². The molecule has 5 nitrogen and oxygen atoms in total. The van der Waals surface area contributed by atoms with E-state index in [9.17, 15) is 0 Å². The zero-order valence-corrected chi connectivity index (χ0v) is 11.8. The number of hydrogen-bond donors (Lipinski definition) is 2. The van der Waals surface area contributed by atoms with Crippen LogP contribution in [0.2, 0.25) is 0 Å². The predicted octanol–water partition coefficient (Wildman–Crippen LogP) is 2.14. The number of thiazole rings is 1. The standard InChI is InChI=1S/C13H17N3O2S/c1-9-12(19-10(2)16-9)8-14-11-3-4-13(15-7-11)18-6-5-17/h3-4,7,14,17H,5-6,8H2,1-2H3. The van der Waals surface area contributed by atoms with Gasteiger partial charge in [-0.1, -0.05) is 0 Å². The highest BCUT2D eigenvalue weighted by Gasteiger charge is 2.04. The van der Waals surface area contributed by atoms with E-state index in [1.807, 2.05) is 19.9 Å². The molecule has 0 aromatic carbocycles. The van der Waals surface area contributed by atoms with E-state index in [1.54, 1.807) is 23.6 Å². The van der Waals surface area contributed by atoms with Crippen LogP contribution in [0.1, 0.15) is 15.6 Å². The van der Waals surface area contributed by atoms with Gasteiger partial charge in [-0.3, -0.25) is 0 Å². The second kappa shape index (κ2) is 6.49. The molecule has 2 aromatic rings. The quantitative estimate of drug-likeness (QED) is 0.848. The molecule has 0 fully saturated rings. The normalized spacial score (nSPS) is 10.5. The molecule has 0 saturated heterocycles. The van der Waals surface area contributed by atoms with E-state index in [0.29, 0.717) is 5.88 Å². The van der Waals surface area contributed by atoms with Crippen LogP contribution < -0.4 is 10.1 Å². The summed E-state index contributed by atoms with van der Waals surface area (Å²) >= 11 is 1.70. The van der Waals surface area contributed by atoms with Gasteiger partial charge in [0.15, 0.2) is 0 Å². The first-order chi connectivity index (χ1) is 9.19. The van der Waals surface area contributed by atoms with Gasteiger partial charge in [-0.05, 0) is 19.9 Å². The minimum atomic E-state index is -0.00825. The second-order valence-electron chi connectivity index (χ2n) is 4.05. The number of nitrogens with one attached hydrogen (secondary N) is 1. The Labute approximate surface area is 116 Å². The summed E-state index contributed by atoms with van der Waals surface area (Å²) in [5.41, 5.74) is 2.01. The van der Waals surface area contributed by atoms with Crippen molar-refractivity contribution in [2.75, 3.05) is 18.5 Å². The Morgan fingerprint density at radius 3 is 2.79 bits per heavy atom. The lowest BCUT2D eigenvalue weighted by atomic mass is 10.3. The Hall–Kier alpha value is -1.66. The molecular formula is C13H17N3O2S. The van der Waals surface area contributed by atoms with Gasteiger partial charge in [0.1, 0.15) is 6.61 Å². The van der Waals surface area contributed by atoms with Crippen molar-refractivity contribution in [2.24, 2.45) is 0 Å². The molecule has 0 aliphatic heterocycles. The molecule has 2 rings (SSSR count). The predicted molar refractivity (Wildman–Crippen MR) is 75.7 cm³/mol. The highest BCUT2D eigenvalue weighted by molar-refractivity contribution is 7.11. The maximum Gasteiger partial charge on any atom is 0.213 e. The van der Waals surface area contributed by atoms with Crippen LogP contribution in [0.5, 0.6) is 5.88 Å². The van der Waals surface area contributed by atoms with E-state index in [2.05, 4.69) is 15.3 Å². The average molecular weight is 279 g/mol. The molecule has 6 heteroatoms. The highest BCUT2D eigenvalue weighted by atomic mass is 32.1. The zero-order valence-electron chi connectivity index (χ0n) is 11.0.